The van der Waals surface area contributed by atoms with Crippen LogP contribution in [0.3, 0.4) is 0 Å². The van der Waals surface area contributed by atoms with Gasteiger partial charge in [0.1, 0.15) is 5.82 Å². The Hall–Kier alpha value is -2.21. The fraction of sp³-hybridized carbons (Fsp3) is 0.316. The third kappa shape index (κ3) is 3.90. The van der Waals surface area contributed by atoms with Crippen molar-refractivity contribution in [2.75, 3.05) is 18.1 Å². The highest BCUT2D eigenvalue weighted by Crippen LogP contribution is 2.24. The highest BCUT2D eigenvalue weighted by atomic mass is 32.2. The first-order valence-corrected chi connectivity index (χ1v) is 10.1. The molecule has 6 heteroatoms. The van der Waals surface area contributed by atoms with Crippen LogP contribution in [-0.2, 0) is 9.84 Å². The second kappa shape index (κ2) is 6.96. The number of hydrogen-bond donors (Lipinski definition) is 0. The molecule has 0 N–H and O–H groups in total. The van der Waals surface area contributed by atoms with Gasteiger partial charge in [-0.3, -0.25) is 4.79 Å². The maximum absolute atomic E-state index is 13.4. The topological polar surface area (TPSA) is 54.5 Å². The SMILES string of the molecule is CCN(C(=O)c1cccc(-c2cccc(F)c2)c1)[C@H]1CCS(=O)(=O)C1. The van der Waals surface area contributed by atoms with E-state index in [1.165, 1.54) is 12.1 Å². The normalized spacial score (nSPS) is 18.9. The number of hydrogen-bond acceptors (Lipinski definition) is 3. The molecular formula is C19H20FNO3S. The average Bonchev–Trinajstić information content (AvgIpc) is 2.95. The Morgan fingerprint density at radius 2 is 1.84 bits per heavy atom. The van der Waals surface area contributed by atoms with Crippen molar-refractivity contribution in [2.24, 2.45) is 0 Å². The third-order valence-corrected chi connectivity index (χ3v) is 6.27. The molecule has 1 saturated heterocycles. The van der Waals surface area contributed by atoms with Crippen molar-refractivity contribution in [2.45, 2.75) is 19.4 Å². The van der Waals surface area contributed by atoms with Gasteiger partial charge in [0.25, 0.3) is 5.91 Å². The van der Waals surface area contributed by atoms with E-state index in [0.29, 0.717) is 24.1 Å². The fourth-order valence-electron chi connectivity index (χ4n) is 3.25. The number of halogens is 1. The molecule has 1 fully saturated rings. The van der Waals surface area contributed by atoms with Crippen molar-refractivity contribution in [3.8, 4) is 11.1 Å². The van der Waals surface area contributed by atoms with Crippen molar-refractivity contribution >= 4 is 15.7 Å². The Morgan fingerprint density at radius 1 is 1.16 bits per heavy atom. The summed E-state index contributed by atoms with van der Waals surface area (Å²) in [6, 6.07) is 12.9. The molecule has 132 valence electrons. The predicted octanol–water partition coefficient (Wildman–Crippen LogP) is 3.14. The first-order chi connectivity index (χ1) is 11.9. The Balaban J connectivity index is 1.88. The summed E-state index contributed by atoms with van der Waals surface area (Å²) in [6.07, 6.45) is 0.478. The molecule has 3 rings (SSSR count). The Labute approximate surface area is 147 Å². The molecule has 0 saturated carbocycles. The Kier molecular flexibility index (Phi) is 4.90. The quantitative estimate of drug-likeness (QED) is 0.841. The molecule has 0 aliphatic carbocycles. The highest BCUT2D eigenvalue weighted by Gasteiger charge is 2.34. The molecule has 2 aromatic rings. The molecule has 2 aromatic carbocycles. The van der Waals surface area contributed by atoms with E-state index in [1.54, 1.807) is 35.2 Å². The number of benzene rings is 2. The first kappa shape index (κ1) is 17.6. The van der Waals surface area contributed by atoms with Crippen molar-refractivity contribution < 1.29 is 17.6 Å². The van der Waals surface area contributed by atoms with Crippen LogP contribution >= 0.6 is 0 Å². The Bertz CT molecular complexity index is 895. The molecule has 0 bridgehead atoms. The number of carbonyl (C=O) groups is 1. The highest BCUT2D eigenvalue weighted by molar-refractivity contribution is 7.91. The van der Waals surface area contributed by atoms with Crippen LogP contribution in [-0.4, -0.2) is 43.3 Å². The zero-order valence-corrected chi connectivity index (χ0v) is 14.8. The van der Waals surface area contributed by atoms with Gasteiger partial charge in [0.15, 0.2) is 9.84 Å². The van der Waals surface area contributed by atoms with E-state index in [2.05, 4.69) is 0 Å². The minimum atomic E-state index is -3.06. The summed E-state index contributed by atoms with van der Waals surface area (Å²) < 4.78 is 36.9. The lowest BCUT2D eigenvalue weighted by Gasteiger charge is -2.27. The van der Waals surface area contributed by atoms with Gasteiger partial charge in [0.2, 0.25) is 0 Å². The molecule has 0 spiro atoms. The third-order valence-electron chi connectivity index (χ3n) is 4.52. The Morgan fingerprint density at radius 3 is 2.44 bits per heavy atom. The van der Waals surface area contributed by atoms with E-state index in [1.807, 2.05) is 13.0 Å². The van der Waals surface area contributed by atoms with Gasteiger partial charge in [-0.2, -0.15) is 0 Å². The van der Waals surface area contributed by atoms with Crippen LogP contribution in [0.15, 0.2) is 48.5 Å². The summed E-state index contributed by atoms with van der Waals surface area (Å²) in [4.78, 5) is 14.5. The van der Waals surface area contributed by atoms with Crippen molar-refractivity contribution in [3.05, 3.63) is 59.9 Å². The van der Waals surface area contributed by atoms with Gasteiger partial charge >= 0.3 is 0 Å². The molecule has 0 aromatic heterocycles. The number of sulfone groups is 1. The lowest BCUT2D eigenvalue weighted by atomic mass is 10.0. The van der Waals surface area contributed by atoms with Gasteiger partial charge in [-0.05, 0) is 48.7 Å². The second-order valence-corrected chi connectivity index (χ2v) is 8.47. The maximum Gasteiger partial charge on any atom is 0.254 e. The van der Waals surface area contributed by atoms with Gasteiger partial charge in [0, 0.05) is 18.2 Å². The number of amides is 1. The van der Waals surface area contributed by atoms with E-state index < -0.39 is 9.84 Å². The summed E-state index contributed by atoms with van der Waals surface area (Å²) in [5.41, 5.74) is 1.93. The lowest BCUT2D eigenvalue weighted by Crippen LogP contribution is -2.40. The molecule has 1 heterocycles. The molecule has 0 radical (unpaired) electrons. The van der Waals surface area contributed by atoms with E-state index in [4.69, 9.17) is 0 Å². The van der Waals surface area contributed by atoms with Crippen LogP contribution in [0, 0.1) is 5.82 Å². The summed E-state index contributed by atoms with van der Waals surface area (Å²) in [6.45, 7) is 2.29. The molecule has 4 nitrogen and oxygen atoms in total. The van der Waals surface area contributed by atoms with Crippen LogP contribution in [0.2, 0.25) is 0 Å². The average molecular weight is 361 g/mol. The second-order valence-electron chi connectivity index (χ2n) is 6.24. The molecule has 0 unspecified atom stereocenters. The largest absolute Gasteiger partial charge is 0.335 e. The van der Waals surface area contributed by atoms with E-state index in [0.717, 1.165) is 5.56 Å². The smallest absolute Gasteiger partial charge is 0.254 e. The van der Waals surface area contributed by atoms with Crippen molar-refractivity contribution in [3.63, 3.8) is 0 Å². The molecular weight excluding hydrogens is 341 g/mol. The predicted molar refractivity (Wildman–Crippen MR) is 95.6 cm³/mol. The summed E-state index contributed by atoms with van der Waals surface area (Å²) in [7, 11) is -3.06. The molecule has 25 heavy (non-hydrogen) atoms. The van der Waals surface area contributed by atoms with Crippen molar-refractivity contribution in [1.29, 1.82) is 0 Å². The van der Waals surface area contributed by atoms with Gasteiger partial charge in [-0.25, -0.2) is 12.8 Å². The molecule has 1 aliphatic rings. The van der Waals surface area contributed by atoms with Crippen LogP contribution < -0.4 is 0 Å². The zero-order valence-electron chi connectivity index (χ0n) is 14.0. The van der Waals surface area contributed by atoms with E-state index in [-0.39, 0.29) is 29.3 Å². The number of nitrogens with zero attached hydrogens (tertiary/aromatic N) is 1. The zero-order chi connectivity index (χ0) is 18.0. The standard InChI is InChI=1S/C19H20FNO3S/c1-2-21(18-9-10-25(23,24)13-18)19(22)16-7-3-5-14(11-16)15-6-4-8-17(20)12-15/h3-8,11-12,18H,2,9-10,13H2,1H3/t18-/m0/s1. The van der Waals surface area contributed by atoms with Gasteiger partial charge in [-0.15, -0.1) is 0 Å². The monoisotopic (exact) mass is 361 g/mol. The van der Waals surface area contributed by atoms with E-state index >= 15 is 0 Å². The van der Waals surface area contributed by atoms with Crippen LogP contribution in [0.5, 0.6) is 0 Å². The van der Waals surface area contributed by atoms with Crippen LogP contribution in [0.25, 0.3) is 11.1 Å². The minimum Gasteiger partial charge on any atom is -0.335 e. The summed E-state index contributed by atoms with van der Waals surface area (Å²) in [5.74, 6) is -0.371. The van der Waals surface area contributed by atoms with Gasteiger partial charge < -0.3 is 4.90 Å². The van der Waals surface area contributed by atoms with Crippen LogP contribution in [0.4, 0.5) is 4.39 Å². The molecule has 1 aliphatic heterocycles. The van der Waals surface area contributed by atoms with Crippen LogP contribution in [0.1, 0.15) is 23.7 Å². The fourth-order valence-corrected chi connectivity index (χ4v) is 4.99. The number of rotatable bonds is 4. The van der Waals surface area contributed by atoms with Gasteiger partial charge in [-0.1, -0.05) is 24.3 Å². The first-order valence-electron chi connectivity index (χ1n) is 8.27. The minimum absolute atomic E-state index is 0.0240. The van der Waals surface area contributed by atoms with Crippen molar-refractivity contribution in [1.82, 2.24) is 4.90 Å². The molecule has 1 atom stereocenters. The summed E-state index contributed by atoms with van der Waals surface area (Å²) in [5, 5.41) is 0. The maximum atomic E-state index is 13.4. The van der Waals surface area contributed by atoms with Gasteiger partial charge in [0.05, 0.1) is 11.5 Å². The summed E-state index contributed by atoms with van der Waals surface area (Å²) >= 11 is 0. The number of carbonyl (C=O) groups excluding carboxylic acids is 1. The van der Waals surface area contributed by atoms with E-state index in [9.17, 15) is 17.6 Å². The molecule has 1 amide bonds. The lowest BCUT2D eigenvalue weighted by molar-refractivity contribution is 0.0708.